The van der Waals surface area contributed by atoms with Gasteiger partial charge in [0.2, 0.25) is 11.7 Å². The van der Waals surface area contributed by atoms with Gasteiger partial charge in [0.1, 0.15) is 10.7 Å². The molecule has 3 aromatic rings. The highest BCUT2D eigenvalue weighted by Gasteiger charge is 2.27. The molecule has 0 unspecified atom stereocenters. The summed E-state index contributed by atoms with van der Waals surface area (Å²) < 4.78 is 19.2. The average Bonchev–Trinajstić information content (AvgIpc) is 3.31. The van der Waals surface area contributed by atoms with Crippen molar-refractivity contribution >= 4 is 17.2 Å². The molecule has 0 spiro atoms. The van der Waals surface area contributed by atoms with Crippen molar-refractivity contribution in [3.63, 3.8) is 0 Å². The van der Waals surface area contributed by atoms with E-state index in [1.54, 1.807) is 23.7 Å². The summed E-state index contributed by atoms with van der Waals surface area (Å²) in [5, 5.41) is 3.91. The SMILES string of the molecule is Cc1ncsc1C(=O)N1CCC[C@H](Cc2nc(-c3ccccc3F)no2)C1. The van der Waals surface area contributed by atoms with Crippen LogP contribution >= 0.6 is 11.3 Å². The normalized spacial score (nSPS) is 17.3. The number of hydrogen-bond donors (Lipinski definition) is 0. The third-order valence-corrected chi connectivity index (χ3v) is 5.71. The maximum Gasteiger partial charge on any atom is 0.265 e. The van der Waals surface area contributed by atoms with Crippen molar-refractivity contribution in [2.45, 2.75) is 26.2 Å². The molecule has 1 fully saturated rings. The molecule has 1 amide bonds. The molecule has 1 atom stereocenters. The smallest absolute Gasteiger partial charge is 0.265 e. The lowest BCUT2D eigenvalue weighted by molar-refractivity contribution is 0.0672. The molecule has 1 aliphatic rings. The Labute approximate surface area is 160 Å². The highest BCUT2D eigenvalue weighted by molar-refractivity contribution is 7.11. The molecule has 2 aromatic heterocycles. The van der Waals surface area contributed by atoms with Crippen molar-refractivity contribution in [3.05, 3.63) is 52.1 Å². The molecular formula is C19H19FN4O2S. The Bertz CT molecular complexity index is 955. The number of halogens is 1. The lowest BCUT2D eigenvalue weighted by Crippen LogP contribution is -2.40. The van der Waals surface area contributed by atoms with Crippen LogP contribution in [0.1, 0.15) is 34.1 Å². The minimum atomic E-state index is -0.376. The topological polar surface area (TPSA) is 72.1 Å². The summed E-state index contributed by atoms with van der Waals surface area (Å²) in [5.74, 6) is 0.634. The fourth-order valence-electron chi connectivity index (χ4n) is 3.40. The molecule has 3 heterocycles. The number of carbonyl (C=O) groups is 1. The summed E-state index contributed by atoms with van der Waals surface area (Å²) in [6.45, 7) is 3.25. The average molecular weight is 386 g/mol. The second-order valence-corrected chi connectivity index (χ2v) is 7.58. The summed E-state index contributed by atoms with van der Waals surface area (Å²) in [6, 6.07) is 6.36. The number of benzene rings is 1. The lowest BCUT2D eigenvalue weighted by Gasteiger charge is -2.32. The van der Waals surface area contributed by atoms with Crippen molar-refractivity contribution in [2.24, 2.45) is 5.92 Å². The second-order valence-electron chi connectivity index (χ2n) is 6.72. The summed E-state index contributed by atoms with van der Waals surface area (Å²) in [5.41, 5.74) is 2.80. The number of aromatic nitrogens is 3. The van der Waals surface area contributed by atoms with Crippen molar-refractivity contribution < 1.29 is 13.7 Å². The number of nitrogens with zero attached hydrogens (tertiary/aromatic N) is 4. The van der Waals surface area contributed by atoms with E-state index >= 15 is 0 Å². The highest BCUT2D eigenvalue weighted by Crippen LogP contribution is 2.25. The fourth-order valence-corrected chi connectivity index (χ4v) is 4.17. The van der Waals surface area contributed by atoms with Gasteiger partial charge in [-0.15, -0.1) is 11.3 Å². The number of hydrogen-bond acceptors (Lipinski definition) is 6. The fraction of sp³-hybridized carbons (Fsp3) is 0.368. The molecule has 4 rings (SSSR count). The third-order valence-electron chi connectivity index (χ3n) is 4.79. The van der Waals surface area contributed by atoms with Crippen molar-refractivity contribution in [1.82, 2.24) is 20.0 Å². The first kappa shape index (κ1) is 17.8. The van der Waals surface area contributed by atoms with Crippen LogP contribution in [-0.4, -0.2) is 39.0 Å². The predicted octanol–water partition coefficient (Wildman–Crippen LogP) is 3.74. The standard InChI is InChI=1S/C19H19FN4O2S/c1-12-17(27-11-21-12)19(25)24-8-4-5-13(10-24)9-16-22-18(23-26-16)14-6-2-3-7-15(14)20/h2-3,6-7,11,13H,4-5,8-10H2,1H3/t13-/m1/s1. The lowest BCUT2D eigenvalue weighted by atomic mass is 9.94. The molecule has 0 saturated carbocycles. The molecule has 27 heavy (non-hydrogen) atoms. The molecule has 0 bridgehead atoms. The number of aryl methyl sites for hydroxylation is 1. The van der Waals surface area contributed by atoms with Gasteiger partial charge < -0.3 is 9.42 Å². The van der Waals surface area contributed by atoms with Gasteiger partial charge in [0.05, 0.1) is 16.8 Å². The molecule has 140 valence electrons. The number of piperidine rings is 1. The van der Waals surface area contributed by atoms with Crippen LogP contribution in [0.2, 0.25) is 0 Å². The zero-order valence-electron chi connectivity index (χ0n) is 14.9. The Hall–Kier alpha value is -2.61. The van der Waals surface area contributed by atoms with Gasteiger partial charge in [0, 0.05) is 19.5 Å². The van der Waals surface area contributed by atoms with E-state index in [9.17, 15) is 9.18 Å². The minimum absolute atomic E-state index is 0.0391. The third kappa shape index (κ3) is 3.75. The molecule has 0 radical (unpaired) electrons. The molecule has 0 aliphatic carbocycles. The maximum absolute atomic E-state index is 13.9. The van der Waals surface area contributed by atoms with E-state index in [2.05, 4.69) is 15.1 Å². The zero-order valence-corrected chi connectivity index (χ0v) is 15.7. The number of likely N-dealkylation sites (tertiary alicyclic amines) is 1. The maximum atomic E-state index is 13.9. The van der Waals surface area contributed by atoms with Gasteiger partial charge in [-0.25, -0.2) is 9.37 Å². The Morgan fingerprint density at radius 3 is 3.04 bits per heavy atom. The van der Waals surface area contributed by atoms with Gasteiger partial charge in [0.25, 0.3) is 5.91 Å². The van der Waals surface area contributed by atoms with Crippen LogP contribution in [0.5, 0.6) is 0 Å². The van der Waals surface area contributed by atoms with Crippen LogP contribution in [-0.2, 0) is 6.42 Å². The molecule has 1 saturated heterocycles. The van der Waals surface area contributed by atoms with Gasteiger partial charge in [-0.1, -0.05) is 17.3 Å². The molecule has 6 nitrogen and oxygen atoms in total. The number of amides is 1. The molecular weight excluding hydrogens is 367 g/mol. The molecule has 1 aliphatic heterocycles. The monoisotopic (exact) mass is 386 g/mol. The van der Waals surface area contributed by atoms with Gasteiger partial charge >= 0.3 is 0 Å². The van der Waals surface area contributed by atoms with E-state index < -0.39 is 0 Å². The first-order chi connectivity index (χ1) is 13.1. The van der Waals surface area contributed by atoms with E-state index in [0.717, 1.165) is 25.1 Å². The van der Waals surface area contributed by atoms with Gasteiger partial charge in [-0.05, 0) is 37.8 Å². The summed E-state index contributed by atoms with van der Waals surface area (Å²) in [4.78, 5) is 23.8. The van der Waals surface area contributed by atoms with Crippen molar-refractivity contribution in [3.8, 4) is 11.4 Å². The quantitative estimate of drug-likeness (QED) is 0.683. The summed E-state index contributed by atoms with van der Waals surface area (Å²) in [7, 11) is 0. The van der Waals surface area contributed by atoms with Gasteiger partial charge in [-0.2, -0.15) is 4.98 Å². The van der Waals surface area contributed by atoms with Crippen LogP contribution in [0.4, 0.5) is 4.39 Å². The van der Waals surface area contributed by atoms with Crippen LogP contribution in [0.25, 0.3) is 11.4 Å². The summed E-state index contributed by atoms with van der Waals surface area (Å²) >= 11 is 1.38. The van der Waals surface area contributed by atoms with Crippen molar-refractivity contribution in [1.29, 1.82) is 0 Å². The highest BCUT2D eigenvalue weighted by atomic mass is 32.1. The number of rotatable bonds is 4. The first-order valence-electron chi connectivity index (χ1n) is 8.88. The van der Waals surface area contributed by atoms with Crippen LogP contribution < -0.4 is 0 Å². The largest absolute Gasteiger partial charge is 0.339 e. The van der Waals surface area contributed by atoms with Crippen LogP contribution in [0.3, 0.4) is 0 Å². The number of thiazole rings is 1. The van der Waals surface area contributed by atoms with E-state index in [-0.39, 0.29) is 23.5 Å². The predicted molar refractivity (Wildman–Crippen MR) is 98.9 cm³/mol. The van der Waals surface area contributed by atoms with Gasteiger partial charge in [-0.3, -0.25) is 4.79 Å². The van der Waals surface area contributed by atoms with Gasteiger partial charge in [0.15, 0.2) is 0 Å². The molecule has 1 aromatic carbocycles. The molecule has 8 heteroatoms. The van der Waals surface area contributed by atoms with Crippen LogP contribution in [0.15, 0.2) is 34.3 Å². The summed E-state index contributed by atoms with van der Waals surface area (Å²) in [6.07, 6.45) is 2.50. The minimum Gasteiger partial charge on any atom is -0.339 e. The molecule has 0 N–H and O–H groups in total. The Morgan fingerprint density at radius 1 is 1.41 bits per heavy atom. The second kappa shape index (κ2) is 7.56. The van der Waals surface area contributed by atoms with Crippen molar-refractivity contribution in [2.75, 3.05) is 13.1 Å². The van der Waals surface area contributed by atoms with E-state index in [4.69, 9.17) is 4.52 Å². The Balaban J connectivity index is 1.44. The van der Waals surface area contributed by atoms with E-state index in [0.29, 0.717) is 29.3 Å². The van der Waals surface area contributed by atoms with Crippen LogP contribution in [0, 0.1) is 18.7 Å². The zero-order chi connectivity index (χ0) is 18.8. The Morgan fingerprint density at radius 2 is 2.26 bits per heavy atom. The number of carbonyl (C=O) groups excluding carboxylic acids is 1. The van der Waals surface area contributed by atoms with E-state index in [1.165, 1.54) is 17.4 Å². The Kier molecular flexibility index (Phi) is 4.98. The first-order valence-corrected chi connectivity index (χ1v) is 9.76. The van der Waals surface area contributed by atoms with E-state index in [1.807, 2.05) is 11.8 Å².